The van der Waals surface area contributed by atoms with Crippen LogP contribution in [0.2, 0.25) is 5.15 Å². The molecule has 5 rings (SSSR count). The summed E-state index contributed by atoms with van der Waals surface area (Å²) in [6, 6.07) is 2.41. The van der Waals surface area contributed by atoms with E-state index in [2.05, 4.69) is 20.6 Å². The number of oxime groups is 1. The molecule has 0 radical (unpaired) electrons. The van der Waals surface area contributed by atoms with Gasteiger partial charge in [-0.1, -0.05) is 26.4 Å². The first kappa shape index (κ1) is 24.0. The van der Waals surface area contributed by atoms with Crippen LogP contribution in [0.1, 0.15) is 5.69 Å². The molecule has 3 N–H and O–H groups in total. The summed E-state index contributed by atoms with van der Waals surface area (Å²) in [4.78, 5) is 47.9. The lowest BCUT2D eigenvalue weighted by atomic mass is 10.0. The molecule has 0 bridgehead atoms. The van der Waals surface area contributed by atoms with Crippen molar-refractivity contribution >= 4 is 69.0 Å². The van der Waals surface area contributed by atoms with Gasteiger partial charge in [-0.3, -0.25) is 14.5 Å². The minimum atomic E-state index is -1.47. The molecule has 2 atom stereocenters. The predicted octanol–water partition coefficient (Wildman–Crippen LogP) is -1.23. The van der Waals surface area contributed by atoms with Crippen molar-refractivity contribution < 1.29 is 28.8 Å². The quantitative estimate of drug-likeness (QED) is 0.159. The van der Waals surface area contributed by atoms with Crippen LogP contribution in [-0.2, 0) is 25.8 Å². The molecule has 0 aromatic carbocycles. The number of aromatic nitrogens is 4. The Bertz CT molecular complexity index is 1470. The number of carboxylic acids is 1. The Morgan fingerprint density at radius 3 is 2.94 bits per heavy atom. The number of amides is 2. The maximum Gasteiger partial charge on any atom is 0.307 e. The summed E-state index contributed by atoms with van der Waals surface area (Å²) in [7, 11) is 1.27. The number of thiazole rings is 1. The molecule has 3 aromatic rings. The highest BCUT2D eigenvalue weighted by molar-refractivity contribution is 8.00. The van der Waals surface area contributed by atoms with Crippen molar-refractivity contribution in [2.75, 3.05) is 18.6 Å². The minimum absolute atomic E-state index is 0.153. The number of hydrogen-bond donors (Lipinski definition) is 2. The Balaban J connectivity index is 1.37. The van der Waals surface area contributed by atoms with E-state index in [1.54, 1.807) is 33.6 Å². The van der Waals surface area contributed by atoms with E-state index in [9.17, 15) is 19.5 Å². The standard InChI is InChI=1S/C20H17ClN8O5S2/c1-34-26-13(10-8-36-20(22)23-10)16(30)24-14-17(31)29-15(19(32)33)9(7-35-18(14)29)6-27-4-5-28-12(27)3-2-11(21)25-28/h2-5,8,14,18H,6-7H2,1H3,(H3-,22,23,24,30,32,33)/b26-13-/t14-,18-/m1/s1. The normalized spacial score (nSPS) is 19.8. The number of nitrogen functional groups attached to an aromatic ring is 1. The van der Waals surface area contributed by atoms with Crippen LogP contribution in [0.15, 0.2) is 46.3 Å². The van der Waals surface area contributed by atoms with Crippen molar-refractivity contribution in [2.24, 2.45) is 5.16 Å². The third kappa shape index (κ3) is 4.14. The molecule has 186 valence electrons. The van der Waals surface area contributed by atoms with Gasteiger partial charge in [0.05, 0.1) is 11.7 Å². The molecular weight excluding hydrogens is 532 g/mol. The van der Waals surface area contributed by atoms with Crippen LogP contribution in [-0.4, -0.2) is 67.3 Å². The van der Waals surface area contributed by atoms with E-state index in [1.807, 2.05) is 0 Å². The summed E-state index contributed by atoms with van der Waals surface area (Å²) in [5.74, 6) is -2.45. The Morgan fingerprint density at radius 2 is 2.25 bits per heavy atom. The molecule has 16 heteroatoms. The van der Waals surface area contributed by atoms with Crippen LogP contribution >= 0.6 is 34.7 Å². The zero-order valence-electron chi connectivity index (χ0n) is 18.5. The van der Waals surface area contributed by atoms with Crippen molar-refractivity contribution in [2.45, 2.75) is 18.0 Å². The Kier molecular flexibility index (Phi) is 6.27. The number of carboxylic acid groups (broad SMARTS) is 1. The number of aliphatic carboxylic acids is 1. The molecular formula is C20H17ClN8O5S2. The number of β-lactam (4-membered cyclic amide) rings is 1. The van der Waals surface area contributed by atoms with Crippen LogP contribution in [0.4, 0.5) is 5.13 Å². The molecule has 0 aliphatic carbocycles. The number of hydrogen-bond acceptors (Lipinski definition) is 11. The minimum Gasteiger partial charge on any atom is -0.543 e. The molecule has 1 saturated heterocycles. The lowest BCUT2D eigenvalue weighted by Gasteiger charge is -2.50. The van der Waals surface area contributed by atoms with E-state index < -0.39 is 29.2 Å². The largest absolute Gasteiger partial charge is 0.543 e. The van der Waals surface area contributed by atoms with E-state index in [4.69, 9.17) is 22.2 Å². The van der Waals surface area contributed by atoms with Crippen LogP contribution in [0, 0.1) is 0 Å². The second-order valence-corrected chi connectivity index (χ2v) is 10.1. The summed E-state index contributed by atoms with van der Waals surface area (Å²) in [6.07, 6.45) is 3.42. The Morgan fingerprint density at radius 1 is 1.44 bits per heavy atom. The van der Waals surface area contributed by atoms with Crippen molar-refractivity contribution in [3.63, 3.8) is 0 Å². The molecule has 1 fully saturated rings. The van der Waals surface area contributed by atoms with Crippen molar-refractivity contribution in [1.29, 1.82) is 0 Å². The summed E-state index contributed by atoms with van der Waals surface area (Å²) >= 11 is 8.38. The first-order valence-corrected chi connectivity index (χ1v) is 12.6. The average Bonchev–Trinajstić information content (AvgIpc) is 3.45. The number of thioether (sulfide) groups is 1. The van der Waals surface area contributed by atoms with Gasteiger partial charge in [-0.25, -0.2) is 9.55 Å². The van der Waals surface area contributed by atoms with Crippen molar-refractivity contribution in [3.8, 4) is 0 Å². The van der Waals surface area contributed by atoms with Crippen LogP contribution in [0.25, 0.3) is 5.65 Å². The number of imidazole rings is 1. The summed E-state index contributed by atoms with van der Waals surface area (Å²) < 4.78 is 3.36. The average molecular weight is 549 g/mol. The van der Waals surface area contributed by atoms with Crippen molar-refractivity contribution in [3.05, 3.63) is 52.0 Å². The van der Waals surface area contributed by atoms with E-state index in [0.29, 0.717) is 22.1 Å². The van der Waals surface area contributed by atoms with Gasteiger partial charge in [0.25, 0.3) is 11.8 Å². The van der Waals surface area contributed by atoms with E-state index >= 15 is 0 Å². The third-order valence-corrected chi connectivity index (χ3v) is 7.76. The Labute approximate surface area is 216 Å². The molecule has 13 nitrogen and oxygen atoms in total. The predicted molar refractivity (Wildman–Crippen MR) is 128 cm³/mol. The zero-order chi connectivity index (χ0) is 25.6. The number of carbonyl (C=O) groups excluding carboxylic acids is 3. The van der Waals surface area contributed by atoms with E-state index in [1.165, 1.54) is 24.3 Å². The second kappa shape index (κ2) is 9.40. The maximum atomic E-state index is 13.0. The van der Waals surface area contributed by atoms with Gasteiger partial charge in [-0.05, 0) is 6.07 Å². The van der Waals surface area contributed by atoms with Gasteiger partial charge in [0.2, 0.25) is 0 Å². The number of halogens is 1. The van der Waals surface area contributed by atoms with Crippen LogP contribution in [0.3, 0.4) is 0 Å². The number of carbonyl (C=O) groups is 3. The highest BCUT2D eigenvalue weighted by Gasteiger charge is 2.53. The first-order valence-electron chi connectivity index (χ1n) is 10.3. The fourth-order valence-corrected chi connectivity index (χ4v) is 6.03. The van der Waals surface area contributed by atoms with Gasteiger partial charge in [0, 0.05) is 22.8 Å². The summed E-state index contributed by atoms with van der Waals surface area (Å²) in [5.41, 5.74) is 6.65. The number of nitrogens with zero attached hydrogens (tertiary/aromatic N) is 6. The monoisotopic (exact) mass is 548 g/mol. The molecule has 36 heavy (non-hydrogen) atoms. The molecule has 3 aromatic heterocycles. The van der Waals surface area contributed by atoms with Gasteiger partial charge in [-0.15, -0.1) is 23.1 Å². The van der Waals surface area contributed by atoms with Gasteiger partial charge in [-0.2, -0.15) is 0 Å². The van der Waals surface area contributed by atoms with Gasteiger partial charge < -0.3 is 25.8 Å². The first-order chi connectivity index (χ1) is 17.3. The van der Waals surface area contributed by atoms with Gasteiger partial charge in [0.15, 0.2) is 22.2 Å². The summed E-state index contributed by atoms with van der Waals surface area (Å²) in [5, 5.41) is 24.0. The maximum absolute atomic E-state index is 13.0. The molecule has 2 amide bonds. The molecule has 0 saturated carbocycles. The van der Waals surface area contributed by atoms with Crippen LogP contribution in [0.5, 0.6) is 0 Å². The topological polar surface area (TPSA) is 172 Å². The molecule has 2 aliphatic rings. The highest BCUT2D eigenvalue weighted by Crippen LogP contribution is 2.40. The van der Waals surface area contributed by atoms with E-state index in [-0.39, 0.29) is 28.8 Å². The Hall–Kier alpha value is -3.69. The van der Waals surface area contributed by atoms with E-state index in [0.717, 1.165) is 16.2 Å². The van der Waals surface area contributed by atoms with Gasteiger partial charge >= 0.3 is 5.65 Å². The number of anilines is 1. The zero-order valence-corrected chi connectivity index (χ0v) is 20.8. The molecule has 0 unspecified atom stereocenters. The number of fused-ring (bicyclic) bond motifs is 2. The third-order valence-electron chi connectivity index (χ3n) is 5.54. The number of nitrogens with one attached hydrogen (secondary N) is 1. The highest BCUT2D eigenvalue weighted by atomic mass is 35.5. The fourth-order valence-electron chi connectivity index (χ4n) is 4.00. The fraction of sp³-hybridized carbons (Fsp3) is 0.250. The summed E-state index contributed by atoms with van der Waals surface area (Å²) in [6.45, 7) is 0.194. The number of nitrogens with two attached hydrogens (primary N) is 1. The van der Waals surface area contributed by atoms with Crippen molar-refractivity contribution in [1.82, 2.24) is 24.9 Å². The lowest BCUT2D eigenvalue weighted by molar-refractivity contribution is -0.579. The lowest BCUT2D eigenvalue weighted by Crippen LogP contribution is -2.71. The molecule has 2 aliphatic heterocycles. The number of rotatable bonds is 7. The molecule has 0 spiro atoms. The van der Waals surface area contributed by atoms with Crippen LogP contribution < -0.4 is 20.7 Å². The SMILES string of the molecule is CO/N=C(\C(=O)N[C@@H]1C(=O)N2C(C(=O)[O-])=C(Cn3cc[n+]4nc(Cl)ccc34)CS[C@H]12)c1csc(N)n1. The van der Waals surface area contributed by atoms with Gasteiger partial charge in [0.1, 0.15) is 37.0 Å². The smallest absolute Gasteiger partial charge is 0.307 e. The molecule has 5 heterocycles. The second-order valence-electron chi connectivity index (χ2n) is 7.68.